The van der Waals surface area contributed by atoms with Gasteiger partial charge in [-0.05, 0) is 38.1 Å². The molecule has 0 bridgehead atoms. The lowest BCUT2D eigenvalue weighted by atomic mass is 9.86. The van der Waals surface area contributed by atoms with Crippen LogP contribution in [0.4, 0.5) is 0 Å². The van der Waals surface area contributed by atoms with Crippen molar-refractivity contribution in [3.8, 4) is 0 Å². The van der Waals surface area contributed by atoms with Crippen LogP contribution in [0.15, 0.2) is 0 Å². The number of rotatable bonds is 8. The average Bonchev–Trinajstić information content (AvgIpc) is 2.36. The van der Waals surface area contributed by atoms with Crippen molar-refractivity contribution in [2.24, 2.45) is 11.7 Å². The van der Waals surface area contributed by atoms with Crippen molar-refractivity contribution >= 4 is 5.91 Å². The fourth-order valence-corrected chi connectivity index (χ4v) is 2.61. The van der Waals surface area contributed by atoms with Gasteiger partial charge in [-0.1, -0.05) is 32.1 Å². The monoisotopic (exact) mass is 240 g/mol. The zero-order valence-corrected chi connectivity index (χ0v) is 11.0. The molecule has 1 aliphatic carbocycles. The maximum Gasteiger partial charge on any atom is 0.219 e. The highest BCUT2D eigenvalue weighted by molar-refractivity contribution is 5.75. The number of unbranched alkanes of at least 4 members (excludes halogenated alkanes) is 1. The van der Waals surface area contributed by atoms with Gasteiger partial charge in [0.2, 0.25) is 5.91 Å². The summed E-state index contributed by atoms with van der Waals surface area (Å²) in [6.07, 6.45) is 12.0. The van der Waals surface area contributed by atoms with Gasteiger partial charge in [-0.25, -0.2) is 0 Å². The highest BCUT2D eigenvalue weighted by atomic mass is 16.1. The quantitative estimate of drug-likeness (QED) is 0.641. The second-order valence-electron chi connectivity index (χ2n) is 5.24. The molecule has 17 heavy (non-hydrogen) atoms. The number of amides is 1. The molecule has 0 aromatic carbocycles. The number of carbonyl (C=O) groups excluding carboxylic acids is 1. The van der Waals surface area contributed by atoms with E-state index < -0.39 is 0 Å². The van der Waals surface area contributed by atoms with E-state index in [0.29, 0.717) is 6.42 Å². The normalized spacial score (nSPS) is 17.0. The van der Waals surface area contributed by atoms with E-state index in [0.717, 1.165) is 38.3 Å². The molecule has 0 aromatic rings. The lowest BCUT2D eigenvalue weighted by molar-refractivity contribution is -0.121. The van der Waals surface area contributed by atoms with E-state index in [4.69, 9.17) is 5.73 Å². The third-order valence-corrected chi connectivity index (χ3v) is 3.69. The van der Waals surface area contributed by atoms with E-state index in [1.807, 2.05) is 0 Å². The van der Waals surface area contributed by atoms with Gasteiger partial charge in [0, 0.05) is 13.0 Å². The van der Waals surface area contributed by atoms with Crippen molar-refractivity contribution in [1.82, 2.24) is 5.32 Å². The predicted molar refractivity (Wildman–Crippen MR) is 71.7 cm³/mol. The van der Waals surface area contributed by atoms with Gasteiger partial charge in [0.15, 0.2) is 0 Å². The van der Waals surface area contributed by atoms with Crippen molar-refractivity contribution in [1.29, 1.82) is 0 Å². The third-order valence-electron chi connectivity index (χ3n) is 3.69. The molecule has 100 valence electrons. The summed E-state index contributed by atoms with van der Waals surface area (Å²) in [6.45, 7) is 1.51. The van der Waals surface area contributed by atoms with Crippen LogP contribution in [-0.2, 0) is 4.79 Å². The van der Waals surface area contributed by atoms with Gasteiger partial charge in [0.05, 0.1) is 0 Å². The van der Waals surface area contributed by atoms with Crippen LogP contribution in [0.1, 0.15) is 64.2 Å². The van der Waals surface area contributed by atoms with Crippen LogP contribution in [0.2, 0.25) is 0 Å². The van der Waals surface area contributed by atoms with Gasteiger partial charge >= 0.3 is 0 Å². The topological polar surface area (TPSA) is 55.1 Å². The van der Waals surface area contributed by atoms with Crippen LogP contribution in [0.5, 0.6) is 0 Å². The fraction of sp³-hybridized carbons (Fsp3) is 0.929. The lowest BCUT2D eigenvalue weighted by Gasteiger charge is -2.21. The predicted octanol–water partition coefficient (Wildman–Crippen LogP) is 2.59. The smallest absolute Gasteiger partial charge is 0.219 e. The van der Waals surface area contributed by atoms with Gasteiger partial charge in [-0.2, -0.15) is 0 Å². The van der Waals surface area contributed by atoms with Crippen molar-refractivity contribution in [3.63, 3.8) is 0 Å². The molecule has 3 nitrogen and oxygen atoms in total. The number of hydrogen-bond acceptors (Lipinski definition) is 2. The van der Waals surface area contributed by atoms with Crippen LogP contribution in [0.3, 0.4) is 0 Å². The molecule has 3 N–H and O–H groups in total. The highest BCUT2D eigenvalue weighted by Gasteiger charge is 2.13. The Kier molecular flexibility index (Phi) is 8.06. The zero-order chi connectivity index (χ0) is 12.3. The van der Waals surface area contributed by atoms with Crippen molar-refractivity contribution in [3.05, 3.63) is 0 Å². The molecule has 1 fully saturated rings. The second kappa shape index (κ2) is 9.46. The van der Waals surface area contributed by atoms with Crippen LogP contribution in [-0.4, -0.2) is 19.0 Å². The van der Waals surface area contributed by atoms with Gasteiger partial charge < -0.3 is 11.1 Å². The zero-order valence-electron chi connectivity index (χ0n) is 11.0. The Bertz CT molecular complexity index is 200. The number of carbonyl (C=O) groups is 1. The number of nitrogens with one attached hydrogen (secondary N) is 1. The van der Waals surface area contributed by atoms with E-state index in [-0.39, 0.29) is 5.91 Å². The van der Waals surface area contributed by atoms with E-state index in [1.54, 1.807) is 0 Å². The minimum atomic E-state index is 0.220. The molecule has 0 heterocycles. The Morgan fingerprint density at radius 2 is 1.88 bits per heavy atom. The summed E-state index contributed by atoms with van der Waals surface area (Å²) in [5, 5.41) is 2.96. The van der Waals surface area contributed by atoms with Gasteiger partial charge in [0.1, 0.15) is 0 Å². The molecule has 0 saturated heterocycles. The minimum absolute atomic E-state index is 0.220. The molecular weight excluding hydrogens is 212 g/mol. The van der Waals surface area contributed by atoms with Crippen molar-refractivity contribution < 1.29 is 4.79 Å². The van der Waals surface area contributed by atoms with E-state index in [9.17, 15) is 4.79 Å². The van der Waals surface area contributed by atoms with Gasteiger partial charge in [-0.3, -0.25) is 4.79 Å². The number of hydrogen-bond donors (Lipinski definition) is 2. The summed E-state index contributed by atoms with van der Waals surface area (Å²) in [5.41, 5.74) is 5.40. The standard InChI is InChI=1S/C14H28N2O/c15-11-4-5-12-16-14(17)10-6-9-13-7-2-1-3-8-13/h13H,1-12,15H2,(H,16,17). The van der Waals surface area contributed by atoms with Crippen LogP contribution in [0.25, 0.3) is 0 Å². The maximum absolute atomic E-state index is 11.5. The van der Waals surface area contributed by atoms with Crippen molar-refractivity contribution in [2.45, 2.75) is 64.2 Å². The first-order valence-corrected chi connectivity index (χ1v) is 7.29. The molecule has 3 heteroatoms. The molecule has 1 saturated carbocycles. The van der Waals surface area contributed by atoms with Crippen LogP contribution >= 0.6 is 0 Å². The summed E-state index contributed by atoms with van der Waals surface area (Å²) in [6, 6.07) is 0. The first-order chi connectivity index (χ1) is 8.33. The fourth-order valence-electron chi connectivity index (χ4n) is 2.61. The Morgan fingerprint density at radius 3 is 2.59 bits per heavy atom. The van der Waals surface area contributed by atoms with E-state index in [1.165, 1.54) is 38.5 Å². The summed E-state index contributed by atoms with van der Waals surface area (Å²) in [4.78, 5) is 11.5. The summed E-state index contributed by atoms with van der Waals surface area (Å²) >= 11 is 0. The lowest BCUT2D eigenvalue weighted by Crippen LogP contribution is -2.24. The number of nitrogens with two attached hydrogens (primary N) is 1. The Labute approximate surface area is 106 Å². The summed E-state index contributed by atoms with van der Waals surface area (Å²) in [5.74, 6) is 1.12. The Balaban J connectivity index is 1.92. The molecule has 1 rings (SSSR count). The first-order valence-electron chi connectivity index (χ1n) is 7.29. The van der Waals surface area contributed by atoms with Crippen LogP contribution < -0.4 is 11.1 Å². The van der Waals surface area contributed by atoms with E-state index >= 15 is 0 Å². The largest absolute Gasteiger partial charge is 0.356 e. The first kappa shape index (κ1) is 14.5. The van der Waals surface area contributed by atoms with E-state index in [2.05, 4.69) is 5.32 Å². The molecule has 0 radical (unpaired) electrons. The van der Waals surface area contributed by atoms with Crippen molar-refractivity contribution in [2.75, 3.05) is 13.1 Å². The molecule has 1 aliphatic rings. The molecular formula is C14H28N2O. The van der Waals surface area contributed by atoms with Gasteiger partial charge in [0.25, 0.3) is 0 Å². The average molecular weight is 240 g/mol. The highest BCUT2D eigenvalue weighted by Crippen LogP contribution is 2.27. The Hall–Kier alpha value is -0.570. The van der Waals surface area contributed by atoms with Crippen LogP contribution in [0, 0.1) is 5.92 Å². The molecule has 1 amide bonds. The molecule has 0 atom stereocenters. The SMILES string of the molecule is NCCCCNC(=O)CCCC1CCCCC1. The minimum Gasteiger partial charge on any atom is -0.356 e. The molecule has 0 spiro atoms. The third kappa shape index (κ3) is 7.37. The molecule has 0 aliphatic heterocycles. The van der Waals surface area contributed by atoms with Gasteiger partial charge in [-0.15, -0.1) is 0 Å². The Morgan fingerprint density at radius 1 is 1.12 bits per heavy atom. The molecule has 0 aromatic heterocycles. The molecule has 0 unspecified atom stereocenters. The maximum atomic E-state index is 11.5. The second-order valence-corrected chi connectivity index (χ2v) is 5.24. The summed E-state index contributed by atoms with van der Waals surface area (Å²) in [7, 11) is 0. The summed E-state index contributed by atoms with van der Waals surface area (Å²) < 4.78 is 0.